The molecule has 7 nitrogen and oxygen atoms in total. The molecule has 0 bridgehead atoms. The number of hydrogen-bond acceptors (Lipinski definition) is 5. The lowest BCUT2D eigenvalue weighted by Gasteiger charge is -2.36. The van der Waals surface area contributed by atoms with Gasteiger partial charge in [-0.3, -0.25) is 9.89 Å². The van der Waals surface area contributed by atoms with Gasteiger partial charge in [0.1, 0.15) is 6.26 Å². The van der Waals surface area contributed by atoms with Crippen LogP contribution >= 0.6 is 0 Å². The lowest BCUT2D eigenvalue weighted by Crippen LogP contribution is -2.52. The number of aliphatic imine (C=N–C) groups is 1. The maximum Gasteiger partial charge on any atom is 0.193 e. The van der Waals surface area contributed by atoms with E-state index in [9.17, 15) is 0 Å². The van der Waals surface area contributed by atoms with Gasteiger partial charge in [0.05, 0.1) is 5.69 Å². The minimum Gasteiger partial charge on any atom is -0.375 e. The van der Waals surface area contributed by atoms with Gasteiger partial charge in [-0.25, -0.2) is 0 Å². The molecular weight excluding hydrogens is 352 g/mol. The van der Waals surface area contributed by atoms with Gasteiger partial charge in [-0.05, 0) is 25.0 Å². The van der Waals surface area contributed by atoms with Crippen molar-refractivity contribution in [3.8, 4) is 0 Å². The quantitative estimate of drug-likeness (QED) is 0.428. The van der Waals surface area contributed by atoms with E-state index in [0.717, 1.165) is 70.3 Å². The van der Waals surface area contributed by atoms with Crippen LogP contribution in [0.5, 0.6) is 0 Å². The average molecular weight is 385 g/mol. The molecular formula is C21H32N6O. The Balaban J connectivity index is 1.31. The smallest absolute Gasteiger partial charge is 0.193 e. The van der Waals surface area contributed by atoms with E-state index in [0.29, 0.717) is 0 Å². The third kappa shape index (κ3) is 5.99. The van der Waals surface area contributed by atoms with Crippen LogP contribution in [0.4, 0.5) is 5.69 Å². The molecule has 28 heavy (non-hydrogen) atoms. The van der Waals surface area contributed by atoms with E-state index in [2.05, 4.69) is 67.5 Å². The molecule has 0 unspecified atom stereocenters. The highest BCUT2D eigenvalue weighted by molar-refractivity contribution is 5.79. The fourth-order valence-electron chi connectivity index (χ4n) is 3.48. The van der Waals surface area contributed by atoms with Crippen molar-refractivity contribution in [2.75, 3.05) is 58.3 Å². The number of para-hydroxylation sites is 1. The van der Waals surface area contributed by atoms with Crippen LogP contribution in [0.15, 0.2) is 52.2 Å². The molecule has 0 atom stereocenters. The molecule has 0 saturated carbocycles. The van der Waals surface area contributed by atoms with Crippen molar-refractivity contribution < 1.29 is 4.52 Å². The summed E-state index contributed by atoms with van der Waals surface area (Å²) in [6.07, 6.45) is 3.91. The zero-order valence-electron chi connectivity index (χ0n) is 17.0. The Kier molecular flexibility index (Phi) is 7.72. The van der Waals surface area contributed by atoms with E-state index in [4.69, 9.17) is 4.52 Å². The number of benzene rings is 1. The predicted octanol–water partition coefficient (Wildman–Crippen LogP) is 2.28. The van der Waals surface area contributed by atoms with Gasteiger partial charge >= 0.3 is 0 Å². The first-order chi connectivity index (χ1) is 13.8. The van der Waals surface area contributed by atoms with Crippen molar-refractivity contribution in [3.05, 3.63) is 48.4 Å². The maximum atomic E-state index is 4.92. The highest BCUT2D eigenvalue weighted by atomic mass is 16.5. The summed E-state index contributed by atoms with van der Waals surface area (Å²) >= 11 is 0. The molecule has 7 heteroatoms. The van der Waals surface area contributed by atoms with E-state index in [1.807, 2.05) is 13.1 Å². The lowest BCUT2D eigenvalue weighted by molar-refractivity contribution is 0.169. The Morgan fingerprint density at radius 2 is 1.93 bits per heavy atom. The van der Waals surface area contributed by atoms with E-state index < -0.39 is 0 Å². The molecule has 1 fully saturated rings. The largest absolute Gasteiger partial charge is 0.375 e. The normalized spacial score (nSPS) is 15.6. The number of aromatic nitrogens is 1. The van der Waals surface area contributed by atoms with Crippen LogP contribution in [0.1, 0.15) is 18.5 Å². The summed E-state index contributed by atoms with van der Waals surface area (Å²) in [4.78, 5) is 11.5. The summed E-state index contributed by atoms with van der Waals surface area (Å²) in [6.45, 7) is 6.85. The van der Waals surface area contributed by atoms with Crippen LogP contribution in [-0.2, 0) is 6.54 Å². The number of nitrogens with zero attached hydrogens (tertiary/aromatic N) is 5. The molecule has 2 heterocycles. The van der Waals surface area contributed by atoms with Gasteiger partial charge in [0.15, 0.2) is 5.96 Å². The van der Waals surface area contributed by atoms with Gasteiger partial charge in [0.25, 0.3) is 0 Å². The van der Waals surface area contributed by atoms with Crippen molar-refractivity contribution in [1.82, 2.24) is 20.3 Å². The molecule has 3 rings (SSSR count). The SMILES string of the molecule is CN=C(NCCCCN(C)c1ccccc1)N1CCN(Cc2ccon2)CC1. The minimum absolute atomic E-state index is 0.852. The Labute approximate surface area is 168 Å². The Hall–Kier alpha value is -2.54. The third-order valence-electron chi connectivity index (χ3n) is 5.16. The van der Waals surface area contributed by atoms with Crippen molar-refractivity contribution in [3.63, 3.8) is 0 Å². The number of piperazine rings is 1. The van der Waals surface area contributed by atoms with Crippen LogP contribution in [-0.4, -0.2) is 74.3 Å². The van der Waals surface area contributed by atoms with Gasteiger partial charge < -0.3 is 19.6 Å². The fourth-order valence-corrected chi connectivity index (χ4v) is 3.48. The Morgan fingerprint density at radius 3 is 2.61 bits per heavy atom. The number of hydrogen-bond donors (Lipinski definition) is 1. The van der Waals surface area contributed by atoms with Gasteiger partial charge in [0, 0.05) is 71.7 Å². The summed E-state index contributed by atoms with van der Waals surface area (Å²) in [6, 6.07) is 12.5. The van der Waals surface area contributed by atoms with E-state index in [1.54, 1.807) is 6.26 Å². The highest BCUT2D eigenvalue weighted by Crippen LogP contribution is 2.11. The molecule has 2 aromatic rings. The van der Waals surface area contributed by atoms with E-state index >= 15 is 0 Å². The molecule has 152 valence electrons. The summed E-state index contributed by atoms with van der Waals surface area (Å²) < 4.78 is 4.92. The van der Waals surface area contributed by atoms with Crippen molar-refractivity contribution >= 4 is 11.6 Å². The first kappa shape index (κ1) is 20.2. The number of anilines is 1. The average Bonchev–Trinajstić information content (AvgIpc) is 3.25. The topological polar surface area (TPSA) is 60.1 Å². The third-order valence-corrected chi connectivity index (χ3v) is 5.16. The second-order valence-electron chi connectivity index (χ2n) is 7.19. The summed E-state index contributed by atoms with van der Waals surface area (Å²) in [5.41, 5.74) is 2.27. The predicted molar refractivity (Wildman–Crippen MR) is 114 cm³/mol. The standard InChI is InChI=1S/C21H32N6O/c1-22-21(23-11-6-7-12-25(2)20-8-4-3-5-9-20)27-15-13-26(14-16-27)18-19-10-17-28-24-19/h3-5,8-10,17H,6-7,11-16,18H2,1-2H3,(H,22,23). The molecule has 1 saturated heterocycles. The molecule has 0 spiro atoms. The van der Waals surface area contributed by atoms with Crippen LogP contribution in [0, 0.1) is 0 Å². The summed E-state index contributed by atoms with van der Waals surface area (Å²) in [7, 11) is 4.02. The maximum absolute atomic E-state index is 4.92. The monoisotopic (exact) mass is 384 g/mol. The van der Waals surface area contributed by atoms with Crippen molar-refractivity contribution in [2.24, 2.45) is 4.99 Å². The molecule has 1 aromatic heterocycles. The minimum atomic E-state index is 0.852. The fraction of sp³-hybridized carbons (Fsp3) is 0.524. The summed E-state index contributed by atoms with van der Waals surface area (Å²) in [5.74, 6) is 1.01. The molecule has 1 aliphatic rings. The first-order valence-corrected chi connectivity index (χ1v) is 10.1. The molecule has 0 radical (unpaired) electrons. The second kappa shape index (κ2) is 10.7. The number of rotatable bonds is 8. The zero-order valence-corrected chi connectivity index (χ0v) is 17.0. The second-order valence-corrected chi connectivity index (χ2v) is 7.19. The van der Waals surface area contributed by atoms with Crippen LogP contribution < -0.4 is 10.2 Å². The number of unbranched alkanes of at least 4 members (excludes halogenated alkanes) is 1. The van der Waals surface area contributed by atoms with Crippen molar-refractivity contribution in [2.45, 2.75) is 19.4 Å². The molecule has 0 aliphatic carbocycles. The summed E-state index contributed by atoms with van der Waals surface area (Å²) in [5, 5.41) is 7.53. The van der Waals surface area contributed by atoms with Crippen LogP contribution in [0.3, 0.4) is 0 Å². The lowest BCUT2D eigenvalue weighted by atomic mass is 10.2. The number of nitrogens with one attached hydrogen (secondary N) is 1. The van der Waals surface area contributed by atoms with Gasteiger partial charge in [-0.15, -0.1) is 0 Å². The van der Waals surface area contributed by atoms with E-state index in [-0.39, 0.29) is 0 Å². The first-order valence-electron chi connectivity index (χ1n) is 10.1. The number of guanidine groups is 1. The Morgan fingerprint density at radius 1 is 1.14 bits per heavy atom. The highest BCUT2D eigenvalue weighted by Gasteiger charge is 2.20. The van der Waals surface area contributed by atoms with Gasteiger partial charge in [0.2, 0.25) is 0 Å². The molecule has 0 amide bonds. The molecule has 1 aromatic carbocycles. The van der Waals surface area contributed by atoms with Gasteiger partial charge in [-0.1, -0.05) is 23.4 Å². The Bertz CT molecular complexity index is 695. The van der Waals surface area contributed by atoms with Crippen LogP contribution in [0.2, 0.25) is 0 Å². The molecule has 1 aliphatic heterocycles. The zero-order chi connectivity index (χ0) is 19.6. The van der Waals surface area contributed by atoms with E-state index in [1.165, 1.54) is 5.69 Å². The van der Waals surface area contributed by atoms with Crippen LogP contribution in [0.25, 0.3) is 0 Å². The van der Waals surface area contributed by atoms with Gasteiger partial charge in [-0.2, -0.15) is 0 Å². The molecule has 1 N–H and O–H groups in total. The van der Waals surface area contributed by atoms with Crippen molar-refractivity contribution in [1.29, 1.82) is 0 Å².